The van der Waals surface area contributed by atoms with Crippen molar-refractivity contribution in [2.45, 2.75) is 31.1 Å². The second-order valence-electron chi connectivity index (χ2n) is 11.5. The number of anilines is 3. The molecule has 4 heterocycles. The number of halogens is 4. The van der Waals surface area contributed by atoms with Crippen LogP contribution in [-0.2, 0) is 15.8 Å². The monoisotopic (exact) mass is 614 g/mol. The number of para-hydroxylation sites is 1. The molecule has 2 saturated heterocycles. The summed E-state index contributed by atoms with van der Waals surface area (Å²) in [5, 5.41) is 15.9. The first-order chi connectivity index (χ1) is 20.9. The third-order valence-corrected chi connectivity index (χ3v) is 8.45. The van der Waals surface area contributed by atoms with Crippen LogP contribution in [0.25, 0.3) is 0 Å². The zero-order valence-electron chi connectivity index (χ0n) is 24.5. The molecule has 234 valence electrons. The van der Waals surface area contributed by atoms with Crippen molar-refractivity contribution in [3.8, 4) is 6.07 Å². The molecule has 1 aromatic carbocycles. The van der Waals surface area contributed by atoms with Gasteiger partial charge in [0.05, 0.1) is 22.5 Å². The van der Waals surface area contributed by atoms with Gasteiger partial charge in [-0.3, -0.25) is 14.5 Å². The normalized spacial score (nSPS) is 20.3. The lowest BCUT2D eigenvalue weighted by molar-refractivity contribution is -0.138. The van der Waals surface area contributed by atoms with Crippen LogP contribution < -0.4 is 20.4 Å². The zero-order valence-corrected chi connectivity index (χ0v) is 24.5. The van der Waals surface area contributed by atoms with Gasteiger partial charge in [-0.05, 0) is 37.6 Å². The number of pyridine rings is 1. The Morgan fingerprint density at radius 3 is 2.70 bits per heavy atom. The highest BCUT2D eigenvalue weighted by atomic mass is 19.4. The quantitative estimate of drug-likeness (QED) is 0.378. The summed E-state index contributed by atoms with van der Waals surface area (Å²) in [6, 6.07) is 5.81. The lowest BCUT2D eigenvalue weighted by Crippen LogP contribution is -2.76. The first-order valence-electron chi connectivity index (χ1n) is 14.3. The highest BCUT2D eigenvalue weighted by Crippen LogP contribution is 2.37. The number of likely N-dealkylation sites (tertiary alicyclic amines) is 1. The summed E-state index contributed by atoms with van der Waals surface area (Å²) in [6.45, 7) is 9.47. The van der Waals surface area contributed by atoms with Gasteiger partial charge in [0.1, 0.15) is 29.3 Å². The van der Waals surface area contributed by atoms with Crippen LogP contribution >= 0.6 is 0 Å². The molecular formula is C30H34F4N8O2. The van der Waals surface area contributed by atoms with Crippen molar-refractivity contribution < 1.29 is 27.2 Å². The van der Waals surface area contributed by atoms with Crippen LogP contribution in [0.5, 0.6) is 0 Å². The maximum atomic E-state index is 15.4. The van der Waals surface area contributed by atoms with E-state index in [9.17, 15) is 28.0 Å². The number of alkyl halides is 3. The van der Waals surface area contributed by atoms with E-state index < -0.39 is 35.1 Å². The fraction of sp³-hybridized carbons (Fsp3) is 0.467. The van der Waals surface area contributed by atoms with Crippen molar-refractivity contribution in [2.24, 2.45) is 0 Å². The average Bonchev–Trinajstić information content (AvgIpc) is 2.97. The Labute approximate surface area is 252 Å². The van der Waals surface area contributed by atoms with Gasteiger partial charge in [-0.15, -0.1) is 0 Å². The molecule has 14 heteroatoms. The van der Waals surface area contributed by atoms with Crippen LogP contribution in [0.3, 0.4) is 0 Å². The number of aromatic nitrogens is 1. The van der Waals surface area contributed by atoms with E-state index in [1.54, 1.807) is 17.0 Å². The molecule has 44 heavy (non-hydrogen) atoms. The standard InChI is InChI=1S/C30H34F4N8O2/c1-4-25(43)42-17-29(18-42)16-40(11-9-36-29)12-13-41-10-8-23(28(44)39(3)24-7-5-6-22(31)26(24)41)38-27-20(15-35)21(30(32,33)34)14-19(2)37-27/h4-7,14,23,36H,1,8-13,16-18H2,2-3H3,(H,37,38). The van der Waals surface area contributed by atoms with Crippen LogP contribution in [0.1, 0.15) is 23.2 Å². The van der Waals surface area contributed by atoms with E-state index in [1.165, 1.54) is 37.1 Å². The first-order valence-corrected chi connectivity index (χ1v) is 14.3. The maximum absolute atomic E-state index is 15.4. The van der Waals surface area contributed by atoms with Gasteiger partial charge < -0.3 is 25.3 Å². The Kier molecular flexibility index (Phi) is 8.55. The predicted molar refractivity (Wildman–Crippen MR) is 157 cm³/mol. The smallest absolute Gasteiger partial charge is 0.366 e. The van der Waals surface area contributed by atoms with E-state index in [2.05, 4.69) is 27.1 Å². The SMILES string of the molecule is C=CC(=O)N1CC2(CN(CCN3CCC(Nc4nc(C)cc(C(F)(F)F)c4C#N)C(=O)N(C)c4cccc(F)c43)CCN2)C1. The number of amides is 2. The number of nitrogens with one attached hydrogen (secondary N) is 2. The second-order valence-corrected chi connectivity index (χ2v) is 11.5. The molecule has 2 amide bonds. The van der Waals surface area contributed by atoms with Crippen molar-refractivity contribution in [3.05, 3.63) is 59.6 Å². The van der Waals surface area contributed by atoms with Gasteiger partial charge in [-0.25, -0.2) is 9.37 Å². The molecule has 2 aromatic rings. The van der Waals surface area contributed by atoms with Crippen LogP contribution in [0.2, 0.25) is 0 Å². The molecule has 0 aliphatic carbocycles. The Morgan fingerprint density at radius 1 is 1.27 bits per heavy atom. The van der Waals surface area contributed by atoms with E-state index in [4.69, 9.17) is 0 Å². The number of rotatable bonds is 6. The number of nitriles is 1. The van der Waals surface area contributed by atoms with Crippen molar-refractivity contribution in [2.75, 3.05) is 74.5 Å². The molecular weight excluding hydrogens is 580 g/mol. The minimum Gasteiger partial charge on any atom is -0.366 e. The van der Waals surface area contributed by atoms with E-state index >= 15 is 4.39 Å². The van der Waals surface area contributed by atoms with Crippen molar-refractivity contribution in [1.82, 2.24) is 20.1 Å². The lowest BCUT2D eigenvalue weighted by atomic mass is 9.87. The number of piperazine rings is 1. The maximum Gasteiger partial charge on any atom is 0.417 e. The predicted octanol–water partition coefficient (Wildman–Crippen LogP) is 2.75. The third kappa shape index (κ3) is 6.07. The van der Waals surface area contributed by atoms with Gasteiger partial charge in [-0.1, -0.05) is 12.6 Å². The van der Waals surface area contributed by atoms with Gasteiger partial charge in [0, 0.05) is 65.1 Å². The molecule has 3 aliphatic rings. The minimum atomic E-state index is -4.79. The molecule has 0 saturated carbocycles. The van der Waals surface area contributed by atoms with Crippen LogP contribution in [0.4, 0.5) is 34.8 Å². The second kappa shape index (κ2) is 12.0. The van der Waals surface area contributed by atoms with Gasteiger partial charge in [0.15, 0.2) is 0 Å². The number of hydrogen-bond acceptors (Lipinski definition) is 8. The summed E-state index contributed by atoms with van der Waals surface area (Å²) in [5.41, 5.74) is -1.41. The summed E-state index contributed by atoms with van der Waals surface area (Å²) in [4.78, 5) is 36.8. The summed E-state index contributed by atoms with van der Waals surface area (Å²) >= 11 is 0. The molecule has 0 bridgehead atoms. The largest absolute Gasteiger partial charge is 0.417 e. The fourth-order valence-electron chi connectivity index (χ4n) is 6.27. The van der Waals surface area contributed by atoms with E-state index in [1.807, 2.05) is 4.90 Å². The Morgan fingerprint density at radius 2 is 2.02 bits per heavy atom. The fourth-order valence-corrected chi connectivity index (χ4v) is 6.27. The van der Waals surface area contributed by atoms with Crippen molar-refractivity contribution in [1.29, 1.82) is 5.26 Å². The van der Waals surface area contributed by atoms with Gasteiger partial charge in [0.2, 0.25) is 11.8 Å². The number of hydrogen-bond donors (Lipinski definition) is 2. The van der Waals surface area contributed by atoms with Crippen LogP contribution in [0, 0.1) is 24.1 Å². The van der Waals surface area contributed by atoms with Crippen LogP contribution in [-0.4, -0.2) is 97.6 Å². The molecule has 10 nitrogen and oxygen atoms in total. The summed E-state index contributed by atoms with van der Waals surface area (Å²) < 4.78 is 56.5. The third-order valence-electron chi connectivity index (χ3n) is 8.45. The average molecular weight is 615 g/mol. The van der Waals surface area contributed by atoms with Crippen molar-refractivity contribution in [3.63, 3.8) is 0 Å². The molecule has 1 aromatic heterocycles. The lowest BCUT2D eigenvalue weighted by Gasteiger charge is -2.55. The van der Waals surface area contributed by atoms with E-state index in [0.717, 1.165) is 19.2 Å². The first kappa shape index (κ1) is 31.2. The Hall–Kier alpha value is -4.22. The molecule has 0 radical (unpaired) electrons. The zero-order chi connectivity index (χ0) is 31.8. The Balaban J connectivity index is 1.37. The van der Waals surface area contributed by atoms with Gasteiger partial charge in [0.25, 0.3) is 0 Å². The summed E-state index contributed by atoms with van der Waals surface area (Å²) in [7, 11) is 1.49. The molecule has 5 rings (SSSR count). The number of nitrogens with zero attached hydrogens (tertiary/aromatic N) is 6. The summed E-state index contributed by atoms with van der Waals surface area (Å²) in [5.74, 6) is -1.43. The van der Waals surface area contributed by atoms with Crippen molar-refractivity contribution >= 4 is 29.0 Å². The molecule has 2 fully saturated rings. The minimum absolute atomic E-state index is 0.0387. The molecule has 1 atom stereocenters. The molecule has 2 N–H and O–H groups in total. The number of carbonyl (C=O) groups is 2. The number of carbonyl (C=O) groups excluding carboxylic acids is 2. The Bertz CT molecular complexity index is 1500. The highest BCUT2D eigenvalue weighted by Gasteiger charge is 2.47. The van der Waals surface area contributed by atoms with E-state index in [0.29, 0.717) is 38.4 Å². The highest BCUT2D eigenvalue weighted by molar-refractivity contribution is 6.01. The number of likely N-dealkylation sites (N-methyl/N-ethyl adjacent to an activating group) is 1. The van der Waals surface area contributed by atoms with Gasteiger partial charge in [-0.2, -0.15) is 18.4 Å². The molecule has 3 aliphatic heterocycles. The van der Waals surface area contributed by atoms with Crippen LogP contribution in [0.15, 0.2) is 36.9 Å². The summed E-state index contributed by atoms with van der Waals surface area (Å²) in [6.07, 6.45) is -3.37. The van der Waals surface area contributed by atoms with E-state index in [-0.39, 0.29) is 41.6 Å². The molecule has 1 spiro atoms. The molecule has 1 unspecified atom stereocenters. The number of fused-ring (bicyclic) bond motifs is 1. The topological polar surface area (TPSA) is 108 Å². The number of aryl methyl sites for hydroxylation is 1. The number of benzene rings is 1. The van der Waals surface area contributed by atoms with Gasteiger partial charge >= 0.3 is 6.18 Å².